The molecule has 0 aliphatic rings. The molecule has 4 heteroatoms. The number of hydrogen-bond donors (Lipinski definition) is 3. The first-order chi connectivity index (χ1) is 3.68. The molecule has 0 saturated heterocycles. The maximum Gasteiger partial charge on any atom is 0.230 e. The summed E-state index contributed by atoms with van der Waals surface area (Å²) in [7, 11) is 0. The number of nitrogens with two attached hydrogens (primary N) is 1. The number of amides is 1. The number of thiol groups is 2. The highest BCUT2D eigenvalue weighted by Gasteiger charge is 2.06. The summed E-state index contributed by atoms with van der Waals surface area (Å²) in [6.45, 7) is 0. The van der Waals surface area contributed by atoms with E-state index in [1.54, 1.807) is 0 Å². The summed E-state index contributed by atoms with van der Waals surface area (Å²) in [6.07, 6.45) is 0.640. The first-order valence-corrected chi connectivity index (χ1v) is 3.41. The molecule has 0 fully saturated rings. The molecular weight excluding hydrogens is 142 g/mol. The average Bonchev–Trinajstić information content (AvgIpc) is 1.67. The van der Waals surface area contributed by atoms with Gasteiger partial charge in [0.1, 0.15) is 0 Å². The van der Waals surface area contributed by atoms with Crippen molar-refractivity contribution in [3.8, 4) is 0 Å². The summed E-state index contributed by atoms with van der Waals surface area (Å²) in [6, 6.07) is 0. The second-order valence-corrected chi connectivity index (χ2v) is 2.50. The van der Waals surface area contributed by atoms with Gasteiger partial charge in [0.05, 0.1) is 5.25 Å². The lowest BCUT2D eigenvalue weighted by atomic mass is 10.3. The van der Waals surface area contributed by atoms with E-state index in [0.717, 1.165) is 0 Å². The topological polar surface area (TPSA) is 43.1 Å². The largest absolute Gasteiger partial charge is 0.369 e. The van der Waals surface area contributed by atoms with E-state index in [1.807, 2.05) is 0 Å². The number of hydrogen-bond acceptors (Lipinski definition) is 3. The lowest BCUT2D eigenvalue weighted by Crippen LogP contribution is -2.23. The van der Waals surface area contributed by atoms with Crippen LogP contribution < -0.4 is 5.73 Å². The van der Waals surface area contributed by atoms with Gasteiger partial charge in [-0.3, -0.25) is 4.79 Å². The van der Waals surface area contributed by atoms with Crippen molar-refractivity contribution in [2.45, 2.75) is 11.7 Å². The van der Waals surface area contributed by atoms with E-state index in [0.29, 0.717) is 12.2 Å². The molecule has 0 radical (unpaired) electrons. The van der Waals surface area contributed by atoms with Crippen molar-refractivity contribution in [3.05, 3.63) is 0 Å². The molecule has 8 heavy (non-hydrogen) atoms. The van der Waals surface area contributed by atoms with Gasteiger partial charge < -0.3 is 5.73 Å². The molecule has 1 amide bonds. The van der Waals surface area contributed by atoms with Gasteiger partial charge >= 0.3 is 0 Å². The second kappa shape index (κ2) is 4.09. The lowest BCUT2D eigenvalue weighted by Gasteiger charge is -2.00. The van der Waals surface area contributed by atoms with Crippen LogP contribution in [0.4, 0.5) is 0 Å². The van der Waals surface area contributed by atoms with Crippen molar-refractivity contribution in [2.75, 3.05) is 5.75 Å². The third-order valence-electron chi connectivity index (χ3n) is 0.731. The number of carbonyl (C=O) groups excluding carboxylic acids is 1. The summed E-state index contributed by atoms with van der Waals surface area (Å²) < 4.78 is 0. The highest BCUT2D eigenvalue weighted by molar-refractivity contribution is 7.82. The molecule has 0 rings (SSSR count). The summed E-state index contributed by atoms with van der Waals surface area (Å²) in [5.74, 6) is 0.277. The predicted octanol–water partition coefficient (Wildman–Crippen LogP) is 0.0900. The van der Waals surface area contributed by atoms with Crippen molar-refractivity contribution >= 4 is 31.2 Å². The van der Waals surface area contributed by atoms with Gasteiger partial charge in [-0.2, -0.15) is 25.3 Å². The van der Waals surface area contributed by atoms with Crippen LogP contribution in [0.3, 0.4) is 0 Å². The molecule has 0 aromatic carbocycles. The van der Waals surface area contributed by atoms with Crippen LogP contribution in [0.1, 0.15) is 6.42 Å². The normalized spacial score (nSPS) is 13.2. The molecule has 0 aromatic rings. The molecule has 0 bridgehead atoms. The van der Waals surface area contributed by atoms with Crippen LogP contribution in [0.2, 0.25) is 0 Å². The lowest BCUT2D eigenvalue weighted by molar-refractivity contribution is -0.117. The SMILES string of the molecule is NC(=O)C(S)CCS. The van der Waals surface area contributed by atoms with Crippen LogP contribution in [0, 0.1) is 0 Å². The Bertz CT molecular complexity index is 86.1. The van der Waals surface area contributed by atoms with Gasteiger partial charge in [-0.1, -0.05) is 0 Å². The van der Waals surface area contributed by atoms with Crippen molar-refractivity contribution in [1.82, 2.24) is 0 Å². The van der Waals surface area contributed by atoms with Crippen LogP contribution in [0.25, 0.3) is 0 Å². The monoisotopic (exact) mass is 151 g/mol. The van der Waals surface area contributed by atoms with Gasteiger partial charge in [0.2, 0.25) is 5.91 Å². The Morgan fingerprint density at radius 3 is 2.38 bits per heavy atom. The van der Waals surface area contributed by atoms with Crippen molar-refractivity contribution in [1.29, 1.82) is 0 Å². The zero-order valence-electron chi connectivity index (χ0n) is 4.37. The van der Waals surface area contributed by atoms with Crippen LogP contribution in [0.5, 0.6) is 0 Å². The number of primary amides is 1. The third-order valence-corrected chi connectivity index (χ3v) is 1.50. The van der Waals surface area contributed by atoms with Gasteiger partial charge in [-0.05, 0) is 12.2 Å². The Morgan fingerprint density at radius 2 is 2.25 bits per heavy atom. The molecule has 0 aliphatic heterocycles. The highest BCUT2D eigenvalue weighted by Crippen LogP contribution is 1.99. The van der Waals surface area contributed by atoms with E-state index in [-0.39, 0.29) is 11.2 Å². The van der Waals surface area contributed by atoms with E-state index in [4.69, 9.17) is 5.73 Å². The Balaban J connectivity index is 3.32. The number of rotatable bonds is 3. The molecule has 0 spiro atoms. The Kier molecular flexibility index (Phi) is 4.18. The minimum atomic E-state index is -0.373. The molecule has 0 aromatic heterocycles. The zero-order valence-corrected chi connectivity index (χ0v) is 6.16. The van der Waals surface area contributed by atoms with Gasteiger partial charge in [0.15, 0.2) is 0 Å². The Labute approximate surface area is 59.6 Å². The minimum Gasteiger partial charge on any atom is -0.369 e. The first-order valence-electron chi connectivity index (χ1n) is 2.26. The van der Waals surface area contributed by atoms with Crippen molar-refractivity contribution in [3.63, 3.8) is 0 Å². The molecule has 2 N–H and O–H groups in total. The van der Waals surface area contributed by atoms with Crippen LogP contribution in [0.15, 0.2) is 0 Å². The molecule has 0 heterocycles. The van der Waals surface area contributed by atoms with Crippen molar-refractivity contribution in [2.24, 2.45) is 5.73 Å². The van der Waals surface area contributed by atoms with Crippen molar-refractivity contribution < 1.29 is 4.79 Å². The van der Waals surface area contributed by atoms with E-state index < -0.39 is 0 Å². The Hall–Kier alpha value is 0.170. The van der Waals surface area contributed by atoms with Crippen LogP contribution >= 0.6 is 25.3 Å². The van der Waals surface area contributed by atoms with Gasteiger partial charge in [0.25, 0.3) is 0 Å². The molecule has 1 atom stereocenters. The maximum absolute atomic E-state index is 10.2. The van der Waals surface area contributed by atoms with Gasteiger partial charge in [0, 0.05) is 0 Å². The molecule has 1 unspecified atom stereocenters. The molecule has 0 aliphatic carbocycles. The smallest absolute Gasteiger partial charge is 0.230 e. The Morgan fingerprint density at radius 1 is 1.75 bits per heavy atom. The van der Waals surface area contributed by atoms with E-state index >= 15 is 0 Å². The maximum atomic E-state index is 10.2. The summed E-state index contributed by atoms with van der Waals surface area (Å²) >= 11 is 7.78. The summed E-state index contributed by atoms with van der Waals surface area (Å²) in [4.78, 5) is 10.2. The fraction of sp³-hybridized carbons (Fsp3) is 0.750. The fourth-order valence-corrected chi connectivity index (χ4v) is 0.856. The minimum absolute atomic E-state index is 0.326. The standard InChI is InChI=1S/C4H9NOS2/c5-4(6)3(8)1-2-7/h3,7-8H,1-2H2,(H2,5,6). The zero-order chi connectivity index (χ0) is 6.57. The first kappa shape index (κ1) is 8.17. The fourth-order valence-electron chi connectivity index (χ4n) is 0.265. The van der Waals surface area contributed by atoms with Crippen LogP contribution in [-0.4, -0.2) is 16.9 Å². The molecular formula is C4H9NOS2. The van der Waals surface area contributed by atoms with Gasteiger partial charge in [-0.15, -0.1) is 0 Å². The molecule has 0 saturated carbocycles. The second-order valence-electron chi connectivity index (χ2n) is 1.43. The average molecular weight is 151 g/mol. The summed E-state index contributed by atoms with van der Waals surface area (Å²) in [5, 5.41) is -0.326. The third kappa shape index (κ3) is 3.21. The predicted molar refractivity (Wildman–Crippen MR) is 40.4 cm³/mol. The molecule has 2 nitrogen and oxygen atoms in total. The molecule has 48 valence electrons. The quantitative estimate of drug-likeness (QED) is 0.492. The highest BCUT2D eigenvalue weighted by atomic mass is 32.1. The van der Waals surface area contributed by atoms with E-state index in [2.05, 4.69) is 25.3 Å². The van der Waals surface area contributed by atoms with E-state index in [1.165, 1.54) is 0 Å². The number of carbonyl (C=O) groups is 1. The summed E-state index contributed by atoms with van der Waals surface area (Å²) in [5.41, 5.74) is 4.87. The van der Waals surface area contributed by atoms with E-state index in [9.17, 15) is 4.79 Å². The van der Waals surface area contributed by atoms with Crippen LogP contribution in [-0.2, 0) is 4.79 Å². The van der Waals surface area contributed by atoms with Gasteiger partial charge in [-0.25, -0.2) is 0 Å².